The summed E-state index contributed by atoms with van der Waals surface area (Å²) in [4.78, 5) is 0.246. The fourth-order valence-corrected chi connectivity index (χ4v) is 4.90. The number of piperidine rings is 1. The van der Waals surface area contributed by atoms with Crippen LogP contribution >= 0.6 is 11.6 Å². The van der Waals surface area contributed by atoms with Crippen molar-refractivity contribution in [2.75, 3.05) is 26.2 Å². The van der Waals surface area contributed by atoms with Crippen molar-refractivity contribution in [1.29, 1.82) is 0 Å². The van der Waals surface area contributed by atoms with E-state index in [1.54, 1.807) is 16.4 Å². The Morgan fingerprint density at radius 2 is 1.96 bits per heavy atom. The quantitative estimate of drug-likeness (QED) is 0.847. The first-order chi connectivity index (χ1) is 10.9. The molecule has 1 aliphatic heterocycles. The number of sulfonamides is 1. The summed E-state index contributed by atoms with van der Waals surface area (Å²) in [5, 5.41) is 3.65. The van der Waals surface area contributed by atoms with Crippen molar-refractivity contribution in [1.82, 2.24) is 9.62 Å². The Hall–Kier alpha value is -0.620. The number of benzene rings is 1. The third kappa shape index (κ3) is 4.47. The van der Waals surface area contributed by atoms with Crippen LogP contribution in [0.25, 0.3) is 0 Å². The molecule has 1 fully saturated rings. The molecule has 1 aliphatic rings. The van der Waals surface area contributed by atoms with E-state index >= 15 is 0 Å². The third-order valence-corrected chi connectivity index (χ3v) is 6.88. The summed E-state index contributed by atoms with van der Waals surface area (Å²) < 4.78 is 27.4. The Labute approximate surface area is 145 Å². The van der Waals surface area contributed by atoms with Crippen LogP contribution in [-0.2, 0) is 10.0 Å². The molecule has 1 saturated heterocycles. The Balaban J connectivity index is 2.15. The standard InChI is InChI=1S/C17H27ClN2O2S/c1-4-19-12-14-7-9-20(10-8-14)23(21,22)17-11-15(13(2)3)5-6-16(17)18/h5-6,11,13-14,19H,4,7-10,12H2,1-3H3. The Morgan fingerprint density at radius 1 is 1.30 bits per heavy atom. The third-order valence-electron chi connectivity index (χ3n) is 4.50. The van der Waals surface area contributed by atoms with E-state index in [0.717, 1.165) is 31.5 Å². The summed E-state index contributed by atoms with van der Waals surface area (Å²) in [6.45, 7) is 9.24. The van der Waals surface area contributed by atoms with E-state index in [2.05, 4.69) is 12.2 Å². The summed E-state index contributed by atoms with van der Waals surface area (Å²) in [7, 11) is -3.51. The van der Waals surface area contributed by atoms with Crippen LogP contribution in [0, 0.1) is 5.92 Å². The normalized spacial score (nSPS) is 17.8. The first-order valence-corrected chi connectivity index (χ1v) is 10.2. The average molecular weight is 359 g/mol. The minimum absolute atomic E-state index is 0.246. The van der Waals surface area contributed by atoms with Gasteiger partial charge in [-0.25, -0.2) is 8.42 Å². The monoisotopic (exact) mass is 358 g/mol. The molecule has 1 aromatic rings. The van der Waals surface area contributed by atoms with Crippen LogP contribution in [-0.4, -0.2) is 38.9 Å². The number of nitrogens with one attached hydrogen (secondary N) is 1. The lowest BCUT2D eigenvalue weighted by atomic mass is 9.98. The fraction of sp³-hybridized carbons (Fsp3) is 0.647. The molecule has 2 rings (SSSR count). The molecule has 0 aromatic heterocycles. The molecule has 0 atom stereocenters. The van der Waals surface area contributed by atoms with Crippen molar-refractivity contribution in [3.8, 4) is 0 Å². The second-order valence-electron chi connectivity index (χ2n) is 6.50. The number of hydrogen-bond acceptors (Lipinski definition) is 3. The lowest BCUT2D eigenvalue weighted by molar-refractivity contribution is 0.268. The first kappa shape index (κ1) is 18.7. The van der Waals surface area contributed by atoms with Crippen molar-refractivity contribution in [3.63, 3.8) is 0 Å². The molecule has 0 amide bonds. The van der Waals surface area contributed by atoms with Crippen LogP contribution in [0.2, 0.25) is 5.02 Å². The molecule has 0 saturated carbocycles. The minimum Gasteiger partial charge on any atom is -0.317 e. The maximum atomic E-state index is 12.9. The zero-order valence-electron chi connectivity index (χ0n) is 14.2. The summed E-state index contributed by atoms with van der Waals surface area (Å²) in [6, 6.07) is 5.32. The van der Waals surface area contributed by atoms with Crippen molar-refractivity contribution in [2.45, 2.75) is 44.4 Å². The Bertz CT molecular complexity index is 623. The molecular formula is C17H27ClN2O2S. The lowest BCUT2D eigenvalue weighted by Gasteiger charge is -2.31. The van der Waals surface area contributed by atoms with E-state index in [9.17, 15) is 8.42 Å². The van der Waals surface area contributed by atoms with Gasteiger partial charge in [-0.3, -0.25) is 0 Å². The Morgan fingerprint density at radius 3 is 2.52 bits per heavy atom. The molecule has 6 heteroatoms. The van der Waals surface area contributed by atoms with Gasteiger partial charge in [0.05, 0.1) is 5.02 Å². The molecule has 1 aromatic carbocycles. The minimum atomic E-state index is -3.51. The maximum absolute atomic E-state index is 12.9. The summed E-state index contributed by atoms with van der Waals surface area (Å²) in [5.41, 5.74) is 0.995. The molecule has 4 nitrogen and oxygen atoms in total. The highest BCUT2D eigenvalue weighted by molar-refractivity contribution is 7.89. The number of hydrogen-bond donors (Lipinski definition) is 1. The largest absolute Gasteiger partial charge is 0.317 e. The second kappa shape index (κ2) is 7.97. The van der Waals surface area contributed by atoms with Crippen LogP contribution < -0.4 is 5.32 Å². The highest BCUT2D eigenvalue weighted by Crippen LogP contribution is 2.30. The zero-order valence-corrected chi connectivity index (χ0v) is 15.8. The predicted molar refractivity (Wildman–Crippen MR) is 95.6 cm³/mol. The van der Waals surface area contributed by atoms with Gasteiger partial charge < -0.3 is 5.32 Å². The summed E-state index contributed by atoms with van der Waals surface area (Å²) in [6.07, 6.45) is 1.79. The first-order valence-electron chi connectivity index (χ1n) is 8.36. The second-order valence-corrected chi connectivity index (χ2v) is 8.81. The molecule has 1 heterocycles. The van der Waals surface area contributed by atoms with Gasteiger partial charge in [0.2, 0.25) is 10.0 Å². The topological polar surface area (TPSA) is 49.4 Å². The lowest BCUT2D eigenvalue weighted by Crippen LogP contribution is -2.40. The number of halogens is 1. The van der Waals surface area contributed by atoms with Crippen LogP contribution in [0.5, 0.6) is 0 Å². The van der Waals surface area contributed by atoms with Crippen LogP contribution in [0.1, 0.15) is 45.1 Å². The molecular weight excluding hydrogens is 332 g/mol. The van der Waals surface area contributed by atoms with Crippen LogP contribution in [0.4, 0.5) is 0 Å². The van der Waals surface area contributed by atoms with Crippen LogP contribution in [0.15, 0.2) is 23.1 Å². The summed E-state index contributed by atoms with van der Waals surface area (Å²) >= 11 is 6.19. The molecule has 0 unspecified atom stereocenters. The highest BCUT2D eigenvalue weighted by atomic mass is 35.5. The van der Waals surface area contributed by atoms with E-state index in [1.807, 2.05) is 19.9 Å². The fourth-order valence-electron chi connectivity index (χ4n) is 2.92. The van der Waals surface area contributed by atoms with Gasteiger partial charge in [-0.1, -0.05) is 38.4 Å². The Kier molecular flexibility index (Phi) is 6.48. The van der Waals surface area contributed by atoms with E-state index in [1.165, 1.54) is 0 Å². The van der Waals surface area contributed by atoms with E-state index in [4.69, 9.17) is 11.6 Å². The van der Waals surface area contributed by atoms with Gasteiger partial charge in [-0.05, 0) is 55.5 Å². The van der Waals surface area contributed by atoms with Gasteiger partial charge in [0, 0.05) is 13.1 Å². The smallest absolute Gasteiger partial charge is 0.244 e. The van der Waals surface area contributed by atoms with Crippen molar-refractivity contribution in [2.24, 2.45) is 5.92 Å². The van der Waals surface area contributed by atoms with Crippen molar-refractivity contribution in [3.05, 3.63) is 28.8 Å². The molecule has 0 radical (unpaired) electrons. The SMILES string of the molecule is CCNCC1CCN(S(=O)(=O)c2cc(C(C)C)ccc2Cl)CC1. The molecule has 23 heavy (non-hydrogen) atoms. The van der Waals surface area contributed by atoms with Crippen molar-refractivity contribution >= 4 is 21.6 Å². The number of rotatable bonds is 6. The highest BCUT2D eigenvalue weighted by Gasteiger charge is 2.31. The van der Waals surface area contributed by atoms with Gasteiger partial charge >= 0.3 is 0 Å². The summed E-state index contributed by atoms with van der Waals surface area (Å²) in [5.74, 6) is 0.825. The zero-order chi connectivity index (χ0) is 17.0. The van der Waals surface area contributed by atoms with Gasteiger partial charge in [0.25, 0.3) is 0 Å². The maximum Gasteiger partial charge on any atom is 0.244 e. The van der Waals surface area contributed by atoms with Gasteiger partial charge in [0.15, 0.2) is 0 Å². The predicted octanol–water partition coefficient (Wildman–Crippen LogP) is 3.47. The van der Waals surface area contributed by atoms with E-state index in [0.29, 0.717) is 24.0 Å². The van der Waals surface area contributed by atoms with Gasteiger partial charge in [-0.15, -0.1) is 0 Å². The molecule has 0 bridgehead atoms. The molecule has 1 N–H and O–H groups in total. The van der Waals surface area contributed by atoms with E-state index < -0.39 is 10.0 Å². The van der Waals surface area contributed by atoms with Crippen LogP contribution in [0.3, 0.4) is 0 Å². The molecule has 0 aliphatic carbocycles. The molecule has 0 spiro atoms. The van der Waals surface area contributed by atoms with Gasteiger partial charge in [0.1, 0.15) is 4.90 Å². The average Bonchev–Trinajstić information content (AvgIpc) is 2.53. The number of nitrogens with zero attached hydrogens (tertiary/aromatic N) is 1. The van der Waals surface area contributed by atoms with Crippen molar-refractivity contribution < 1.29 is 8.42 Å². The van der Waals surface area contributed by atoms with E-state index in [-0.39, 0.29) is 10.8 Å². The van der Waals surface area contributed by atoms with Gasteiger partial charge in [-0.2, -0.15) is 4.31 Å². The molecule has 130 valence electrons.